The second-order valence-corrected chi connectivity index (χ2v) is 5.53. The van der Waals surface area contributed by atoms with E-state index in [2.05, 4.69) is 25.9 Å². The van der Waals surface area contributed by atoms with Crippen LogP contribution in [-0.4, -0.2) is 11.6 Å². The van der Waals surface area contributed by atoms with Gasteiger partial charge in [-0.3, -0.25) is 4.79 Å². The second kappa shape index (κ2) is 3.99. The maximum atomic E-state index is 12.4. The highest BCUT2D eigenvalue weighted by atomic mass is 16.2. The minimum absolute atomic E-state index is 0.0706. The molecule has 90 valence electrons. The van der Waals surface area contributed by atoms with Crippen LogP contribution in [-0.2, 0) is 4.79 Å². The second-order valence-electron chi connectivity index (χ2n) is 5.53. The van der Waals surface area contributed by atoms with Gasteiger partial charge in [-0.05, 0) is 24.5 Å². The summed E-state index contributed by atoms with van der Waals surface area (Å²) in [5.74, 6) is -0.0519. The van der Waals surface area contributed by atoms with Crippen molar-refractivity contribution in [3.63, 3.8) is 0 Å². The zero-order valence-corrected chi connectivity index (χ0v) is 10.8. The minimum Gasteiger partial charge on any atom is -0.272 e. The molecule has 0 saturated heterocycles. The molecule has 1 atom stereocenters. The van der Waals surface area contributed by atoms with E-state index in [1.807, 2.05) is 37.3 Å². The van der Waals surface area contributed by atoms with E-state index in [-0.39, 0.29) is 17.2 Å². The average molecular weight is 230 g/mol. The third-order valence-electron chi connectivity index (χ3n) is 3.00. The molecule has 3 nitrogen and oxygen atoms in total. The van der Waals surface area contributed by atoms with Gasteiger partial charge in [0.25, 0.3) is 5.91 Å². The van der Waals surface area contributed by atoms with Crippen LogP contribution in [0.2, 0.25) is 0 Å². The Morgan fingerprint density at radius 2 is 1.76 bits per heavy atom. The molecular formula is C14H18N2O. The number of benzene rings is 1. The molecule has 0 radical (unpaired) electrons. The maximum Gasteiger partial charge on any atom is 0.256 e. The number of carbonyl (C=O) groups is 1. The van der Waals surface area contributed by atoms with Crippen molar-refractivity contribution in [3.05, 3.63) is 30.3 Å². The number of hydrazone groups is 1. The summed E-state index contributed by atoms with van der Waals surface area (Å²) in [6.45, 7) is 8.14. The summed E-state index contributed by atoms with van der Waals surface area (Å²) in [7, 11) is 0. The van der Waals surface area contributed by atoms with Crippen LogP contribution in [0.4, 0.5) is 5.69 Å². The van der Waals surface area contributed by atoms with Crippen molar-refractivity contribution in [1.29, 1.82) is 0 Å². The van der Waals surface area contributed by atoms with Crippen molar-refractivity contribution in [2.45, 2.75) is 27.7 Å². The van der Waals surface area contributed by atoms with E-state index in [0.29, 0.717) is 0 Å². The van der Waals surface area contributed by atoms with Crippen LogP contribution < -0.4 is 5.01 Å². The van der Waals surface area contributed by atoms with E-state index in [9.17, 15) is 4.79 Å². The molecule has 0 aliphatic carbocycles. The number of nitrogens with zero attached hydrogens (tertiary/aromatic N) is 2. The molecule has 0 fully saturated rings. The third kappa shape index (κ3) is 2.09. The molecule has 1 heterocycles. The SMILES string of the molecule is CC1=NN(c2ccccc2)C(=O)C1C(C)(C)C. The van der Waals surface area contributed by atoms with Gasteiger partial charge in [0.05, 0.1) is 11.6 Å². The van der Waals surface area contributed by atoms with Crippen LogP contribution in [0.3, 0.4) is 0 Å². The van der Waals surface area contributed by atoms with Crippen LogP contribution in [0, 0.1) is 11.3 Å². The molecule has 0 N–H and O–H groups in total. The molecule has 0 spiro atoms. The molecule has 17 heavy (non-hydrogen) atoms. The molecule has 0 saturated carbocycles. The molecule has 2 rings (SSSR count). The molecule has 3 heteroatoms. The Balaban J connectivity index is 2.34. The molecular weight excluding hydrogens is 212 g/mol. The summed E-state index contributed by atoms with van der Waals surface area (Å²) in [6, 6.07) is 9.57. The van der Waals surface area contributed by atoms with Gasteiger partial charge in [0.1, 0.15) is 0 Å². The van der Waals surface area contributed by atoms with E-state index in [4.69, 9.17) is 0 Å². The first-order valence-corrected chi connectivity index (χ1v) is 5.85. The molecule has 1 aliphatic rings. The highest BCUT2D eigenvalue weighted by Gasteiger charge is 2.41. The minimum atomic E-state index is -0.122. The number of hydrogen-bond donors (Lipinski definition) is 0. The largest absolute Gasteiger partial charge is 0.272 e. The molecule has 0 aromatic heterocycles. The van der Waals surface area contributed by atoms with E-state index in [0.717, 1.165) is 11.4 Å². The lowest BCUT2D eigenvalue weighted by molar-refractivity contribution is -0.121. The summed E-state index contributed by atoms with van der Waals surface area (Å²) in [5, 5.41) is 5.91. The highest BCUT2D eigenvalue weighted by Crippen LogP contribution is 2.34. The molecule has 1 aromatic carbocycles. The summed E-state index contributed by atoms with van der Waals surface area (Å²) in [6.07, 6.45) is 0. The Bertz CT molecular complexity index is 457. The van der Waals surface area contributed by atoms with Gasteiger partial charge in [-0.2, -0.15) is 5.10 Å². The number of anilines is 1. The molecule has 1 aromatic rings. The Morgan fingerprint density at radius 1 is 1.18 bits per heavy atom. The van der Waals surface area contributed by atoms with Crippen molar-refractivity contribution in [2.75, 3.05) is 5.01 Å². The first-order valence-electron chi connectivity index (χ1n) is 5.85. The van der Waals surface area contributed by atoms with E-state index < -0.39 is 0 Å². The highest BCUT2D eigenvalue weighted by molar-refractivity contribution is 6.15. The van der Waals surface area contributed by atoms with Gasteiger partial charge < -0.3 is 0 Å². The topological polar surface area (TPSA) is 32.7 Å². The van der Waals surface area contributed by atoms with E-state index in [1.54, 1.807) is 0 Å². The van der Waals surface area contributed by atoms with Gasteiger partial charge in [-0.15, -0.1) is 0 Å². The first-order chi connectivity index (χ1) is 7.91. The Hall–Kier alpha value is -1.64. The first kappa shape index (κ1) is 11.8. The Morgan fingerprint density at radius 3 is 2.24 bits per heavy atom. The van der Waals surface area contributed by atoms with Gasteiger partial charge >= 0.3 is 0 Å². The molecule has 1 unspecified atom stereocenters. The van der Waals surface area contributed by atoms with Crippen molar-refractivity contribution >= 4 is 17.3 Å². The lowest BCUT2D eigenvalue weighted by atomic mass is 9.78. The predicted molar refractivity (Wildman–Crippen MR) is 70.0 cm³/mol. The van der Waals surface area contributed by atoms with E-state index >= 15 is 0 Å². The van der Waals surface area contributed by atoms with Crippen molar-refractivity contribution < 1.29 is 4.79 Å². The zero-order chi connectivity index (χ0) is 12.6. The lowest BCUT2D eigenvalue weighted by Gasteiger charge is -2.25. The van der Waals surface area contributed by atoms with Crippen LogP contribution >= 0.6 is 0 Å². The fourth-order valence-corrected chi connectivity index (χ4v) is 2.32. The lowest BCUT2D eigenvalue weighted by Crippen LogP contribution is -2.35. The summed E-state index contributed by atoms with van der Waals surface area (Å²) >= 11 is 0. The molecule has 1 aliphatic heterocycles. The van der Waals surface area contributed by atoms with Crippen molar-refractivity contribution in [2.24, 2.45) is 16.4 Å². The van der Waals surface area contributed by atoms with Crippen LogP contribution in [0.15, 0.2) is 35.4 Å². The number of carbonyl (C=O) groups excluding carboxylic acids is 1. The quantitative estimate of drug-likeness (QED) is 0.729. The van der Waals surface area contributed by atoms with Crippen LogP contribution in [0.25, 0.3) is 0 Å². The van der Waals surface area contributed by atoms with E-state index in [1.165, 1.54) is 5.01 Å². The number of hydrogen-bond acceptors (Lipinski definition) is 2. The smallest absolute Gasteiger partial charge is 0.256 e. The summed E-state index contributed by atoms with van der Waals surface area (Å²) < 4.78 is 0. The van der Waals surface area contributed by atoms with Crippen molar-refractivity contribution in [3.8, 4) is 0 Å². The maximum absolute atomic E-state index is 12.4. The third-order valence-corrected chi connectivity index (χ3v) is 3.00. The van der Waals surface area contributed by atoms with Gasteiger partial charge in [-0.1, -0.05) is 39.0 Å². The number of amides is 1. The monoisotopic (exact) mass is 230 g/mol. The normalized spacial score (nSPS) is 20.7. The van der Waals surface area contributed by atoms with Gasteiger partial charge in [0.2, 0.25) is 0 Å². The number of para-hydroxylation sites is 1. The Kier molecular flexibility index (Phi) is 2.77. The summed E-state index contributed by atoms with van der Waals surface area (Å²) in [5.41, 5.74) is 1.64. The average Bonchev–Trinajstić information content (AvgIpc) is 2.54. The van der Waals surface area contributed by atoms with Crippen molar-refractivity contribution in [1.82, 2.24) is 0 Å². The van der Waals surface area contributed by atoms with Crippen LogP contribution in [0.5, 0.6) is 0 Å². The van der Waals surface area contributed by atoms with Gasteiger partial charge in [0.15, 0.2) is 0 Å². The summed E-state index contributed by atoms with van der Waals surface area (Å²) in [4.78, 5) is 12.4. The zero-order valence-electron chi connectivity index (χ0n) is 10.8. The van der Waals surface area contributed by atoms with Gasteiger partial charge in [-0.25, -0.2) is 5.01 Å². The standard InChI is InChI=1S/C14H18N2O/c1-10-12(14(2,3)4)13(17)16(15-10)11-8-6-5-7-9-11/h5-9,12H,1-4H3. The predicted octanol–water partition coefficient (Wildman–Crippen LogP) is 3.07. The Labute approximate surface area is 102 Å². The van der Waals surface area contributed by atoms with Crippen LogP contribution in [0.1, 0.15) is 27.7 Å². The fraction of sp³-hybridized carbons (Fsp3) is 0.429. The number of rotatable bonds is 1. The molecule has 0 bridgehead atoms. The fourth-order valence-electron chi connectivity index (χ4n) is 2.32. The molecule has 1 amide bonds. The van der Waals surface area contributed by atoms with Gasteiger partial charge in [0, 0.05) is 5.71 Å².